The summed E-state index contributed by atoms with van der Waals surface area (Å²) >= 11 is 0. The number of sulfonamides is 1. The number of pyridine rings is 1. The maximum absolute atomic E-state index is 12.9. The Kier molecular flexibility index (Phi) is 5.45. The predicted molar refractivity (Wildman–Crippen MR) is 95.6 cm³/mol. The molecule has 1 aliphatic rings. The Balaban J connectivity index is 1.89. The van der Waals surface area contributed by atoms with E-state index >= 15 is 0 Å². The van der Waals surface area contributed by atoms with Crippen LogP contribution >= 0.6 is 0 Å². The zero-order chi connectivity index (χ0) is 18.7. The molecule has 140 valence electrons. The molecule has 2 N–H and O–H groups in total. The van der Waals surface area contributed by atoms with Crippen LogP contribution in [0.2, 0.25) is 0 Å². The van der Waals surface area contributed by atoms with Gasteiger partial charge in [-0.05, 0) is 36.5 Å². The van der Waals surface area contributed by atoms with Crippen molar-refractivity contribution in [3.05, 3.63) is 48.2 Å². The van der Waals surface area contributed by atoms with E-state index in [4.69, 9.17) is 9.47 Å². The van der Waals surface area contributed by atoms with Crippen LogP contribution in [0.25, 0.3) is 0 Å². The summed E-state index contributed by atoms with van der Waals surface area (Å²) in [4.78, 5) is 4.30. The molecule has 1 atom stereocenters. The maximum Gasteiger partial charge on any atom is 0.241 e. The third kappa shape index (κ3) is 3.98. The van der Waals surface area contributed by atoms with Crippen LogP contribution < -0.4 is 14.2 Å². The van der Waals surface area contributed by atoms with Crippen molar-refractivity contribution in [3.63, 3.8) is 0 Å². The first-order valence-electron chi connectivity index (χ1n) is 8.27. The fourth-order valence-electron chi connectivity index (χ4n) is 3.04. The van der Waals surface area contributed by atoms with Gasteiger partial charge in [-0.15, -0.1) is 0 Å². The van der Waals surface area contributed by atoms with Crippen LogP contribution in [-0.2, 0) is 10.0 Å². The van der Waals surface area contributed by atoms with Crippen molar-refractivity contribution in [2.24, 2.45) is 5.92 Å². The van der Waals surface area contributed by atoms with Gasteiger partial charge in [0.1, 0.15) is 5.75 Å². The molecule has 1 unspecified atom stereocenters. The third-order valence-corrected chi connectivity index (χ3v) is 6.02. The van der Waals surface area contributed by atoms with Crippen LogP contribution in [0.5, 0.6) is 11.6 Å². The highest BCUT2D eigenvalue weighted by molar-refractivity contribution is 7.89. The van der Waals surface area contributed by atoms with Crippen LogP contribution in [0.15, 0.2) is 47.5 Å². The number of aliphatic hydroxyl groups excluding tert-OH is 1. The van der Waals surface area contributed by atoms with Crippen molar-refractivity contribution in [2.75, 3.05) is 14.2 Å². The molecule has 2 aromatic rings. The van der Waals surface area contributed by atoms with Gasteiger partial charge in [0, 0.05) is 18.3 Å². The molecule has 0 aliphatic heterocycles. The standard InChI is InChI=1S/C18H22N2O5S/c1-24-15-4-3-5-16(10-15)26(22,23)20-18(13-8-14(21)9-13)12-6-7-17(25-2)19-11-12/h3-7,10-11,13-14,18,20-21H,8-9H2,1-2H3. The molecule has 0 spiro atoms. The van der Waals surface area contributed by atoms with Crippen LogP contribution in [0, 0.1) is 5.92 Å². The maximum atomic E-state index is 12.9. The number of nitrogens with one attached hydrogen (secondary N) is 1. The lowest BCUT2D eigenvalue weighted by Gasteiger charge is -2.38. The number of rotatable bonds is 7. The average molecular weight is 378 g/mol. The van der Waals surface area contributed by atoms with Gasteiger partial charge in [0.25, 0.3) is 0 Å². The molecule has 1 aromatic heterocycles. The summed E-state index contributed by atoms with van der Waals surface area (Å²) in [5.41, 5.74) is 0.731. The van der Waals surface area contributed by atoms with Crippen molar-refractivity contribution >= 4 is 10.0 Å². The SMILES string of the molecule is COc1cccc(S(=O)(=O)NC(c2ccc(OC)nc2)C2CC(O)C2)c1. The Bertz CT molecular complexity index is 848. The summed E-state index contributed by atoms with van der Waals surface area (Å²) < 4.78 is 38.6. The summed E-state index contributed by atoms with van der Waals surface area (Å²) in [7, 11) is -0.757. The van der Waals surface area contributed by atoms with Gasteiger partial charge >= 0.3 is 0 Å². The minimum absolute atomic E-state index is 0.000535. The Morgan fingerprint density at radius 1 is 1.19 bits per heavy atom. The van der Waals surface area contributed by atoms with Gasteiger partial charge < -0.3 is 14.6 Å². The number of ether oxygens (including phenoxy) is 2. The first-order valence-corrected chi connectivity index (χ1v) is 9.75. The second-order valence-corrected chi connectivity index (χ2v) is 8.01. The summed E-state index contributed by atoms with van der Waals surface area (Å²) in [5.74, 6) is 0.923. The molecule has 1 aliphatic carbocycles. The van der Waals surface area contributed by atoms with Gasteiger partial charge in [-0.2, -0.15) is 0 Å². The monoisotopic (exact) mass is 378 g/mol. The van der Waals surface area contributed by atoms with E-state index < -0.39 is 22.2 Å². The molecule has 1 fully saturated rings. The topological polar surface area (TPSA) is 97.8 Å². The average Bonchev–Trinajstić information content (AvgIpc) is 2.64. The number of nitrogens with zero attached hydrogens (tertiary/aromatic N) is 1. The van der Waals surface area contributed by atoms with Crippen molar-refractivity contribution in [2.45, 2.75) is 29.9 Å². The van der Waals surface area contributed by atoms with Gasteiger partial charge in [-0.25, -0.2) is 18.1 Å². The second-order valence-electron chi connectivity index (χ2n) is 6.30. The number of hydrogen-bond donors (Lipinski definition) is 2. The fourth-order valence-corrected chi connectivity index (χ4v) is 4.37. The van der Waals surface area contributed by atoms with Crippen molar-refractivity contribution in [1.29, 1.82) is 0 Å². The Morgan fingerprint density at radius 3 is 2.54 bits per heavy atom. The lowest BCUT2D eigenvalue weighted by molar-refractivity contribution is 0.0279. The molecular weight excluding hydrogens is 356 g/mol. The van der Waals surface area contributed by atoms with Crippen molar-refractivity contribution < 1.29 is 23.0 Å². The molecule has 1 aromatic carbocycles. The highest BCUT2D eigenvalue weighted by Crippen LogP contribution is 2.39. The third-order valence-electron chi connectivity index (χ3n) is 4.58. The smallest absolute Gasteiger partial charge is 0.241 e. The van der Waals surface area contributed by atoms with Crippen LogP contribution in [-0.4, -0.2) is 38.8 Å². The van der Waals surface area contributed by atoms with Gasteiger partial charge in [0.2, 0.25) is 15.9 Å². The highest BCUT2D eigenvalue weighted by atomic mass is 32.2. The lowest BCUT2D eigenvalue weighted by Crippen LogP contribution is -2.41. The van der Waals surface area contributed by atoms with Crippen molar-refractivity contribution in [1.82, 2.24) is 9.71 Å². The normalized spacial score (nSPS) is 20.9. The summed E-state index contributed by atoms with van der Waals surface area (Å²) in [6, 6.07) is 9.31. The quantitative estimate of drug-likeness (QED) is 0.764. The van der Waals surface area contributed by atoms with Gasteiger partial charge in [-0.1, -0.05) is 12.1 Å². The van der Waals surface area contributed by atoms with Crippen molar-refractivity contribution in [3.8, 4) is 11.6 Å². The Labute approximate surface area is 153 Å². The molecule has 3 rings (SSSR count). The van der Waals surface area contributed by atoms with Gasteiger partial charge in [0.15, 0.2) is 0 Å². The van der Waals surface area contributed by atoms with E-state index in [0.29, 0.717) is 24.5 Å². The molecule has 1 heterocycles. The molecule has 0 bridgehead atoms. The zero-order valence-corrected chi connectivity index (χ0v) is 15.4. The fraction of sp³-hybridized carbons (Fsp3) is 0.389. The lowest BCUT2D eigenvalue weighted by atomic mass is 9.76. The number of benzene rings is 1. The highest BCUT2D eigenvalue weighted by Gasteiger charge is 2.37. The second kappa shape index (κ2) is 7.61. The Morgan fingerprint density at radius 2 is 1.96 bits per heavy atom. The number of aliphatic hydroxyl groups is 1. The van der Waals surface area contributed by atoms with Gasteiger partial charge in [-0.3, -0.25) is 0 Å². The number of hydrogen-bond acceptors (Lipinski definition) is 6. The number of methoxy groups -OCH3 is 2. The summed E-state index contributed by atoms with van der Waals surface area (Å²) in [6.45, 7) is 0. The van der Waals surface area contributed by atoms with E-state index in [2.05, 4.69) is 9.71 Å². The molecule has 1 saturated carbocycles. The number of aromatic nitrogens is 1. The minimum atomic E-state index is -3.77. The van der Waals surface area contributed by atoms with Gasteiger partial charge in [0.05, 0.1) is 31.3 Å². The van der Waals surface area contributed by atoms with E-state index in [-0.39, 0.29) is 10.8 Å². The van der Waals surface area contributed by atoms with E-state index in [1.165, 1.54) is 26.4 Å². The van der Waals surface area contributed by atoms with Crippen LogP contribution in [0.3, 0.4) is 0 Å². The van der Waals surface area contributed by atoms with Crippen LogP contribution in [0.1, 0.15) is 24.4 Å². The van der Waals surface area contributed by atoms with E-state index in [0.717, 1.165) is 5.56 Å². The van der Waals surface area contributed by atoms with E-state index in [1.807, 2.05) is 0 Å². The molecule has 0 radical (unpaired) electrons. The van der Waals surface area contributed by atoms with Crippen LogP contribution in [0.4, 0.5) is 0 Å². The first-order chi connectivity index (χ1) is 12.4. The minimum Gasteiger partial charge on any atom is -0.497 e. The predicted octanol–water partition coefficient (Wildman–Crippen LogP) is 1.89. The molecular formula is C18H22N2O5S. The molecule has 26 heavy (non-hydrogen) atoms. The summed E-state index contributed by atoms with van der Waals surface area (Å²) in [6.07, 6.45) is 2.28. The van der Waals surface area contributed by atoms with E-state index in [1.54, 1.807) is 30.5 Å². The summed E-state index contributed by atoms with van der Waals surface area (Å²) in [5, 5.41) is 9.65. The molecule has 7 nitrogen and oxygen atoms in total. The Hall–Kier alpha value is -2.16. The van der Waals surface area contributed by atoms with E-state index in [9.17, 15) is 13.5 Å². The molecule has 0 amide bonds. The zero-order valence-electron chi connectivity index (χ0n) is 14.6. The largest absolute Gasteiger partial charge is 0.497 e. The molecule has 0 saturated heterocycles. The first kappa shape index (κ1) is 18.6. The molecule has 8 heteroatoms.